The number of anilines is 2. The van der Waals surface area contributed by atoms with Crippen molar-refractivity contribution in [2.24, 2.45) is 0 Å². The predicted octanol–water partition coefficient (Wildman–Crippen LogP) is 3.75. The summed E-state index contributed by atoms with van der Waals surface area (Å²) in [4.78, 5) is 12.0. The van der Waals surface area contributed by atoms with E-state index in [4.69, 9.17) is 5.73 Å². The molecular weight excluding hydrogens is 376 g/mol. The third-order valence-electron chi connectivity index (χ3n) is 2.45. The molecule has 98 valence electrons. The van der Waals surface area contributed by atoms with Crippen LogP contribution in [0.15, 0.2) is 45.3 Å². The minimum atomic E-state index is -0.297. The number of carbonyl (C=O) groups excluding carboxylic acids is 1. The maximum atomic E-state index is 12.0. The minimum absolute atomic E-state index is 0.112. The number of amides is 1. The molecule has 1 amide bonds. The summed E-state index contributed by atoms with van der Waals surface area (Å²) in [5.74, 6) is -0.185. The topological polar surface area (TPSA) is 75.3 Å². The molecule has 0 saturated heterocycles. The number of rotatable bonds is 2. The summed E-state index contributed by atoms with van der Waals surface area (Å²) in [5.41, 5.74) is 7.26. The monoisotopic (exact) mass is 384 g/mol. The lowest BCUT2D eigenvalue weighted by Crippen LogP contribution is -2.13. The average molecular weight is 386 g/mol. The molecule has 4 N–H and O–H groups in total. The van der Waals surface area contributed by atoms with Gasteiger partial charge < -0.3 is 16.2 Å². The molecule has 2 aromatic rings. The van der Waals surface area contributed by atoms with Gasteiger partial charge in [0.25, 0.3) is 5.91 Å². The summed E-state index contributed by atoms with van der Waals surface area (Å²) < 4.78 is 1.51. The molecule has 0 atom stereocenters. The lowest BCUT2D eigenvalue weighted by Gasteiger charge is -2.11. The summed E-state index contributed by atoms with van der Waals surface area (Å²) in [7, 11) is 0. The van der Waals surface area contributed by atoms with Gasteiger partial charge in [-0.2, -0.15) is 0 Å². The molecule has 0 aromatic heterocycles. The Balaban J connectivity index is 2.26. The van der Waals surface area contributed by atoms with Crippen LogP contribution in [0.5, 0.6) is 5.75 Å². The van der Waals surface area contributed by atoms with E-state index < -0.39 is 0 Å². The fourth-order valence-electron chi connectivity index (χ4n) is 1.52. The number of nitrogen functional groups attached to an aromatic ring is 1. The zero-order valence-corrected chi connectivity index (χ0v) is 12.8. The van der Waals surface area contributed by atoms with Crippen molar-refractivity contribution in [2.75, 3.05) is 11.1 Å². The number of hydrogen-bond acceptors (Lipinski definition) is 3. The van der Waals surface area contributed by atoms with Crippen LogP contribution in [0.1, 0.15) is 10.4 Å². The first-order valence-electron chi connectivity index (χ1n) is 5.32. The Bertz CT molecular complexity index is 604. The van der Waals surface area contributed by atoms with Crippen molar-refractivity contribution in [3.63, 3.8) is 0 Å². The number of halogens is 2. The van der Waals surface area contributed by atoms with E-state index in [9.17, 15) is 9.90 Å². The minimum Gasteiger partial charge on any atom is -0.508 e. The van der Waals surface area contributed by atoms with E-state index in [0.717, 1.165) is 4.47 Å². The Morgan fingerprint density at radius 3 is 2.37 bits per heavy atom. The van der Waals surface area contributed by atoms with E-state index in [-0.39, 0.29) is 11.7 Å². The van der Waals surface area contributed by atoms with Crippen LogP contribution >= 0.6 is 31.9 Å². The Kier molecular flexibility index (Phi) is 4.11. The summed E-state index contributed by atoms with van der Waals surface area (Å²) in [6.45, 7) is 0. The van der Waals surface area contributed by atoms with Gasteiger partial charge in [0, 0.05) is 14.5 Å². The zero-order valence-electron chi connectivity index (χ0n) is 9.65. The van der Waals surface area contributed by atoms with Crippen molar-refractivity contribution >= 4 is 49.1 Å². The van der Waals surface area contributed by atoms with Gasteiger partial charge in [-0.05, 0) is 52.3 Å². The first-order chi connectivity index (χ1) is 8.97. The van der Waals surface area contributed by atoms with Gasteiger partial charge in [-0.15, -0.1) is 0 Å². The van der Waals surface area contributed by atoms with E-state index in [0.29, 0.717) is 21.4 Å². The normalized spacial score (nSPS) is 10.2. The molecule has 2 aromatic carbocycles. The van der Waals surface area contributed by atoms with Crippen molar-refractivity contribution in [3.05, 3.63) is 50.9 Å². The number of carbonyl (C=O) groups is 1. The van der Waals surface area contributed by atoms with E-state index in [1.807, 2.05) is 0 Å². The van der Waals surface area contributed by atoms with E-state index in [1.54, 1.807) is 12.1 Å². The standard InChI is InChI=1S/C13H10Br2N2O2/c14-8-5-10(15)12(11(16)6-8)17-13(19)7-1-3-9(18)4-2-7/h1-6,18H,16H2,(H,17,19). The molecule has 0 aliphatic rings. The molecule has 0 radical (unpaired) electrons. The van der Waals surface area contributed by atoms with Gasteiger partial charge in [-0.1, -0.05) is 15.9 Å². The summed E-state index contributed by atoms with van der Waals surface area (Å²) >= 11 is 6.66. The Morgan fingerprint density at radius 2 is 1.79 bits per heavy atom. The molecule has 0 bridgehead atoms. The SMILES string of the molecule is Nc1cc(Br)cc(Br)c1NC(=O)c1ccc(O)cc1. The van der Waals surface area contributed by atoms with Gasteiger partial charge >= 0.3 is 0 Å². The van der Waals surface area contributed by atoms with Crippen LogP contribution in [0.3, 0.4) is 0 Å². The fraction of sp³-hybridized carbons (Fsp3) is 0. The molecule has 0 saturated carbocycles. The molecule has 2 rings (SSSR count). The zero-order chi connectivity index (χ0) is 14.0. The number of phenolic OH excluding ortho intramolecular Hbond substituents is 1. The predicted molar refractivity (Wildman–Crippen MR) is 82.3 cm³/mol. The third-order valence-corrected chi connectivity index (χ3v) is 3.54. The molecule has 6 heteroatoms. The van der Waals surface area contributed by atoms with Crippen LogP contribution in [0.2, 0.25) is 0 Å². The molecule has 0 aliphatic carbocycles. The highest BCUT2D eigenvalue weighted by Crippen LogP contribution is 2.32. The number of nitrogens with one attached hydrogen (secondary N) is 1. The summed E-state index contributed by atoms with van der Waals surface area (Å²) in [5, 5.41) is 11.9. The fourth-order valence-corrected chi connectivity index (χ4v) is 2.88. The first kappa shape index (κ1) is 13.9. The first-order valence-corrected chi connectivity index (χ1v) is 6.91. The van der Waals surface area contributed by atoms with E-state index >= 15 is 0 Å². The van der Waals surface area contributed by atoms with Crippen molar-refractivity contribution in [2.45, 2.75) is 0 Å². The highest BCUT2D eigenvalue weighted by molar-refractivity contribution is 9.11. The lowest BCUT2D eigenvalue weighted by atomic mass is 10.2. The second-order valence-electron chi connectivity index (χ2n) is 3.85. The molecular formula is C13H10Br2N2O2. The second-order valence-corrected chi connectivity index (χ2v) is 5.62. The molecule has 0 aliphatic heterocycles. The second kappa shape index (κ2) is 5.63. The molecule has 0 unspecified atom stereocenters. The van der Waals surface area contributed by atoms with Gasteiger partial charge in [0.05, 0.1) is 11.4 Å². The highest BCUT2D eigenvalue weighted by Gasteiger charge is 2.11. The van der Waals surface area contributed by atoms with Crippen molar-refractivity contribution in [3.8, 4) is 5.75 Å². The van der Waals surface area contributed by atoms with Gasteiger partial charge in [0.1, 0.15) is 5.75 Å². The van der Waals surface area contributed by atoms with Crippen molar-refractivity contribution < 1.29 is 9.90 Å². The largest absolute Gasteiger partial charge is 0.508 e. The van der Waals surface area contributed by atoms with Gasteiger partial charge in [0.15, 0.2) is 0 Å². The van der Waals surface area contributed by atoms with Crippen LogP contribution in [0, 0.1) is 0 Å². The van der Waals surface area contributed by atoms with Gasteiger partial charge in [0.2, 0.25) is 0 Å². The highest BCUT2D eigenvalue weighted by atomic mass is 79.9. The van der Waals surface area contributed by atoms with E-state index in [2.05, 4.69) is 37.2 Å². The number of phenols is 1. The van der Waals surface area contributed by atoms with Crippen molar-refractivity contribution in [1.29, 1.82) is 0 Å². The molecule has 19 heavy (non-hydrogen) atoms. The number of aromatic hydroxyl groups is 1. The summed E-state index contributed by atoms with van der Waals surface area (Å²) in [6, 6.07) is 9.48. The quantitative estimate of drug-likeness (QED) is 0.689. The molecule has 0 spiro atoms. The number of benzene rings is 2. The maximum Gasteiger partial charge on any atom is 0.255 e. The number of hydrogen-bond donors (Lipinski definition) is 3. The Hall–Kier alpha value is -1.53. The lowest BCUT2D eigenvalue weighted by molar-refractivity contribution is 0.102. The number of nitrogens with two attached hydrogens (primary N) is 1. The third kappa shape index (κ3) is 3.27. The van der Waals surface area contributed by atoms with E-state index in [1.165, 1.54) is 24.3 Å². The Labute approximate surface area is 126 Å². The molecule has 4 nitrogen and oxygen atoms in total. The van der Waals surface area contributed by atoms with Crippen LogP contribution < -0.4 is 11.1 Å². The van der Waals surface area contributed by atoms with Crippen molar-refractivity contribution in [1.82, 2.24) is 0 Å². The van der Waals surface area contributed by atoms with Crippen LogP contribution in [0.25, 0.3) is 0 Å². The van der Waals surface area contributed by atoms with Gasteiger partial charge in [-0.25, -0.2) is 0 Å². The Morgan fingerprint density at radius 1 is 1.16 bits per heavy atom. The smallest absolute Gasteiger partial charge is 0.255 e. The molecule has 0 heterocycles. The van der Waals surface area contributed by atoms with Crippen LogP contribution in [-0.4, -0.2) is 11.0 Å². The maximum absolute atomic E-state index is 12.0. The van der Waals surface area contributed by atoms with Crippen LogP contribution in [-0.2, 0) is 0 Å². The summed E-state index contributed by atoms with van der Waals surface area (Å²) in [6.07, 6.45) is 0. The molecule has 0 fully saturated rings. The van der Waals surface area contributed by atoms with Crippen LogP contribution in [0.4, 0.5) is 11.4 Å². The van der Waals surface area contributed by atoms with Gasteiger partial charge in [-0.3, -0.25) is 4.79 Å². The average Bonchev–Trinajstić information content (AvgIpc) is 2.34.